The van der Waals surface area contributed by atoms with Gasteiger partial charge in [0.05, 0.1) is 45.2 Å². The second kappa shape index (κ2) is 27.7. The molecule has 3 heterocycles. The van der Waals surface area contributed by atoms with Crippen LogP contribution in [0.5, 0.6) is 23.0 Å². The Bertz CT molecular complexity index is 3180. The molecule has 0 radical (unpaired) electrons. The number of imide groups is 1. The number of fused-ring (bicyclic) bond motifs is 1. The highest BCUT2D eigenvalue weighted by Crippen LogP contribution is 2.38. The summed E-state index contributed by atoms with van der Waals surface area (Å²) >= 11 is 0. The Morgan fingerprint density at radius 3 is 2.30 bits per heavy atom. The van der Waals surface area contributed by atoms with Crippen LogP contribution in [0.15, 0.2) is 107 Å². The van der Waals surface area contributed by atoms with E-state index in [1.54, 1.807) is 68.7 Å². The zero-order valence-corrected chi connectivity index (χ0v) is 47.8. The molecule has 4 atom stereocenters. The van der Waals surface area contributed by atoms with E-state index >= 15 is 0 Å². The van der Waals surface area contributed by atoms with Gasteiger partial charge in [-0.15, -0.1) is 0 Å². The van der Waals surface area contributed by atoms with Gasteiger partial charge in [0.25, 0.3) is 11.8 Å². The molecule has 5 aromatic rings. The lowest BCUT2D eigenvalue weighted by Gasteiger charge is -2.37. The van der Waals surface area contributed by atoms with Crippen LogP contribution >= 0.6 is 0 Å². The number of likely N-dealkylation sites (tertiary alicyclic amines) is 1. The van der Waals surface area contributed by atoms with Crippen LogP contribution in [-0.2, 0) is 46.5 Å². The van der Waals surface area contributed by atoms with E-state index in [0.29, 0.717) is 84.0 Å². The molecular weight excluding hydrogens is 1050 g/mol. The number of para-hydroxylation sites is 1. The Hall–Kier alpha value is -8.61. The largest absolute Gasteiger partial charge is 0.496 e. The summed E-state index contributed by atoms with van der Waals surface area (Å²) < 4.78 is 29.3. The molecule has 3 aliphatic heterocycles. The number of likely N-dealkylation sites (N-methyl/N-ethyl adjacent to an activating group) is 1. The van der Waals surface area contributed by atoms with E-state index in [1.165, 1.54) is 4.90 Å². The molecule has 0 aliphatic carbocycles. The maximum absolute atomic E-state index is 14.6. The van der Waals surface area contributed by atoms with Crippen LogP contribution in [0.3, 0.4) is 0 Å². The van der Waals surface area contributed by atoms with Crippen molar-refractivity contribution in [3.63, 3.8) is 0 Å². The van der Waals surface area contributed by atoms with Crippen LogP contribution in [0.25, 0.3) is 0 Å². The van der Waals surface area contributed by atoms with Crippen molar-refractivity contribution >= 4 is 58.4 Å². The van der Waals surface area contributed by atoms with Crippen molar-refractivity contribution in [1.29, 1.82) is 0 Å². The predicted molar refractivity (Wildman–Crippen MR) is 307 cm³/mol. The Kier molecular flexibility index (Phi) is 20.1. The lowest BCUT2D eigenvalue weighted by atomic mass is 9.90. The smallest absolute Gasteiger partial charge is 0.329 e. The highest BCUT2D eigenvalue weighted by atomic mass is 16.5. The van der Waals surface area contributed by atoms with Gasteiger partial charge in [-0.1, -0.05) is 49.4 Å². The molecule has 0 aromatic heterocycles. The van der Waals surface area contributed by atoms with E-state index in [4.69, 9.17) is 23.7 Å². The highest BCUT2D eigenvalue weighted by Gasteiger charge is 2.41. The molecule has 5 amide bonds. The first-order chi connectivity index (χ1) is 39.6. The predicted octanol–water partition coefficient (Wildman–Crippen LogP) is 9.28. The molecule has 2 fully saturated rings. The molecule has 3 aliphatic rings. The van der Waals surface area contributed by atoms with Gasteiger partial charge in [0.2, 0.25) is 17.7 Å². The van der Waals surface area contributed by atoms with Gasteiger partial charge in [-0.3, -0.25) is 34.1 Å². The zero-order valence-electron chi connectivity index (χ0n) is 47.8. The van der Waals surface area contributed by atoms with Crippen LogP contribution in [0.4, 0.5) is 17.1 Å². The summed E-state index contributed by atoms with van der Waals surface area (Å²) in [6.07, 6.45) is 3.57. The van der Waals surface area contributed by atoms with Gasteiger partial charge in [0.1, 0.15) is 29.7 Å². The van der Waals surface area contributed by atoms with Gasteiger partial charge in [-0.05, 0) is 142 Å². The molecule has 0 spiro atoms. The third-order valence-corrected chi connectivity index (χ3v) is 15.4. The van der Waals surface area contributed by atoms with Crippen LogP contribution < -0.4 is 34.5 Å². The highest BCUT2D eigenvalue weighted by molar-refractivity contribution is 6.06. The number of rotatable bonds is 25. The number of hydrogen-bond donors (Lipinski definition) is 2. The van der Waals surface area contributed by atoms with Gasteiger partial charge in [-0.25, -0.2) is 4.79 Å². The van der Waals surface area contributed by atoms with Crippen molar-refractivity contribution in [3.05, 3.63) is 136 Å². The number of nitrogens with one attached hydrogen (secondary N) is 2. The number of benzene rings is 5. The Labute approximate surface area is 478 Å². The maximum atomic E-state index is 14.6. The minimum atomic E-state index is -0.821. The first-order valence-corrected chi connectivity index (χ1v) is 28.0. The van der Waals surface area contributed by atoms with E-state index < -0.39 is 36.0 Å². The monoisotopic (exact) mass is 1120 g/mol. The summed E-state index contributed by atoms with van der Waals surface area (Å²) in [4.78, 5) is 97.9. The average Bonchev–Trinajstić information content (AvgIpc) is 3.99. The number of carbonyl (C=O) groups is 7. The minimum absolute atomic E-state index is 0.0218. The lowest BCUT2D eigenvalue weighted by Crippen LogP contribution is -2.52. The van der Waals surface area contributed by atoms with Crippen LogP contribution in [0.2, 0.25) is 0 Å². The standard InChI is InChI=1S/C63H73N7O12/c1-8-46(42-33-39(2)59(80-7)40(3)34-42)61(75)69-32-12-11-19-52(69)63(77)82-54(28-21-41-22-29-55(78-5)56(35-41)79-6)48-16-9-10-20-53(48)81-38-58(73)64-31-14-15-45(71)36-68(4)44-25-23-43(24-26-44)66-67-50-18-13-17-47-49(50)37-70(62(47)76)51-27-30-57(72)65-60(51)74/h9-10,13,16-18,20,22-26,29,33-35,46,51-52,54H,8,11-12,14-15,19,21,27-28,30-32,36-38H2,1-7H3,(H,64,73)(H,65,72,74)/t46-,51?,52-,54+/m0/s1. The minimum Gasteiger partial charge on any atom is -0.496 e. The van der Waals surface area contributed by atoms with Crippen molar-refractivity contribution < 1.29 is 57.2 Å². The number of esters is 1. The van der Waals surface area contributed by atoms with Crippen molar-refractivity contribution in [2.75, 3.05) is 59.5 Å². The topological polar surface area (TPSA) is 224 Å². The normalized spacial score (nSPS) is 16.7. The van der Waals surface area contributed by atoms with Crippen molar-refractivity contribution in [2.45, 2.75) is 116 Å². The van der Waals surface area contributed by atoms with Gasteiger partial charge < -0.3 is 43.7 Å². The van der Waals surface area contributed by atoms with Crippen molar-refractivity contribution in [3.8, 4) is 23.0 Å². The summed E-state index contributed by atoms with van der Waals surface area (Å²) in [5, 5.41) is 14.0. The first kappa shape index (κ1) is 59.5. The molecule has 0 saturated carbocycles. The molecule has 1 unspecified atom stereocenters. The Morgan fingerprint density at radius 1 is 0.829 bits per heavy atom. The first-order valence-electron chi connectivity index (χ1n) is 28.0. The number of azo groups is 1. The van der Waals surface area contributed by atoms with Crippen LogP contribution in [0, 0.1) is 13.8 Å². The number of amides is 5. The van der Waals surface area contributed by atoms with Gasteiger partial charge in [-0.2, -0.15) is 10.2 Å². The van der Waals surface area contributed by atoms with E-state index in [2.05, 4.69) is 20.9 Å². The Morgan fingerprint density at radius 2 is 1.59 bits per heavy atom. The van der Waals surface area contributed by atoms with E-state index in [-0.39, 0.29) is 74.9 Å². The van der Waals surface area contributed by atoms with Crippen molar-refractivity contribution in [1.82, 2.24) is 20.4 Å². The summed E-state index contributed by atoms with van der Waals surface area (Å²) in [7, 11) is 6.59. The summed E-state index contributed by atoms with van der Waals surface area (Å²) in [6, 6.07) is 27.6. The fourth-order valence-corrected chi connectivity index (χ4v) is 11.1. The number of aryl methyl sites for hydroxylation is 3. The van der Waals surface area contributed by atoms with Crippen LogP contribution in [0.1, 0.15) is 120 Å². The molecule has 2 N–H and O–H groups in total. The fourth-order valence-electron chi connectivity index (χ4n) is 11.1. The third-order valence-electron chi connectivity index (χ3n) is 15.4. The number of nitrogens with zero attached hydrogens (tertiary/aromatic N) is 5. The number of ether oxygens (including phenoxy) is 5. The molecule has 432 valence electrons. The van der Waals surface area contributed by atoms with Gasteiger partial charge in [0, 0.05) is 61.9 Å². The zero-order chi connectivity index (χ0) is 58.5. The van der Waals surface area contributed by atoms with Crippen molar-refractivity contribution in [2.24, 2.45) is 10.2 Å². The van der Waals surface area contributed by atoms with E-state index in [0.717, 1.165) is 46.5 Å². The number of Topliss-reactive ketones (excluding diaryl/α,β-unsaturated/α-hetero) is 1. The number of piperidine rings is 2. The quantitative estimate of drug-likeness (QED) is 0.0241. The maximum Gasteiger partial charge on any atom is 0.329 e. The number of hydrogen-bond acceptors (Lipinski definition) is 15. The molecular formula is C63H73N7O12. The second-order valence-electron chi connectivity index (χ2n) is 20.9. The SMILES string of the molecule is CC[C@H](C(=O)N1CCCC[C@H]1C(=O)O[C@H](CCc1ccc(OC)c(OC)c1)c1ccccc1OCC(=O)NCCCC(=O)CN(C)c1ccc(N=Nc2cccc3c2CN(C2CCC(=O)NC2=O)C3=O)cc1)c1cc(C)c(OC)c(C)c1. The van der Waals surface area contributed by atoms with Crippen LogP contribution in [-0.4, -0.2) is 118 Å². The lowest BCUT2D eigenvalue weighted by molar-refractivity contribution is -0.162. The summed E-state index contributed by atoms with van der Waals surface area (Å²) in [5.74, 6) is -0.343. The Balaban J connectivity index is 0.846. The number of ketones is 1. The molecule has 19 heteroatoms. The molecule has 19 nitrogen and oxygen atoms in total. The van der Waals surface area contributed by atoms with Gasteiger partial charge in [0.15, 0.2) is 23.9 Å². The number of carbonyl (C=O) groups excluding carboxylic acids is 7. The molecule has 0 bridgehead atoms. The fraction of sp³-hybridized carbons (Fsp3) is 0.413. The van der Waals surface area contributed by atoms with E-state index in [9.17, 15) is 33.6 Å². The average molecular weight is 1120 g/mol. The molecule has 2 saturated heterocycles. The molecule has 5 aromatic carbocycles. The van der Waals surface area contributed by atoms with Gasteiger partial charge >= 0.3 is 5.97 Å². The summed E-state index contributed by atoms with van der Waals surface area (Å²) in [6.45, 7) is 6.56. The third kappa shape index (κ3) is 14.3. The molecule has 8 rings (SSSR count). The van der Waals surface area contributed by atoms with E-state index in [1.807, 2.05) is 87.3 Å². The molecule has 82 heavy (non-hydrogen) atoms. The number of methoxy groups -OCH3 is 3. The second-order valence-corrected chi connectivity index (χ2v) is 20.9. The summed E-state index contributed by atoms with van der Waals surface area (Å²) in [5.41, 5.74) is 7.17. The number of anilines is 1.